The van der Waals surface area contributed by atoms with Crippen LogP contribution in [-0.2, 0) is 9.47 Å². The van der Waals surface area contributed by atoms with Gasteiger partial charge < -0.3 is 19.3 Å². The fourth-order valence-electron chi connectivity index (χ4n) is 9.00. The molecular formula is C64H48N2O4. The summed E-state index contributed by atoms with van der Waals surface area (Å²) in [5.74, 6) is -1.09. The lowest BCUT2D eigenvalue weighted by Gasteiger charge is -2.28. The van der Waals surface area contributed by atoms with Gasteiger partial charge in [-0.2, -0.15) is 0 Å². The Morgan fingerprint density at radius 1 is 0.271 bits per heavy atom. The third-order valence-corrected chi connectivity index (χ3v) is 12.6. The van der Waals surface area contributed by atoms with Crippen molar-refractivity contribution >= 4 is 46.1 Å². The highest BCUT2D eigenvalue weighted by molar-refractivity contribution is 6.05. The average molecular weight is 909 g/mol. The molecule has 0 spiro atoms. The predicted octanol–water partition coefficient (Wildman–Crippen LogP) is 16.5. The van der Waals surface area contributed by atoms with Gasteiger partial charge in [0.1, 0.15) is 0 Å². The maximum atomic E-state index is 14.0. The third-order valence-electron chi connectivity index (χ3n) is 12.6. The molecule has 338 valence electrons. The van der Waals surface area contributed by atoms with E-state index < -0.39 is 11.9 Å². The number of ether oxygens (including phenoxy) is 2. The van der Waals surface area contributed by atoms with Crippen LogP contribution in [0.25, 0.3) is 55.6 Å². The molecule has 6 heteroatoms. The Morgan fingerprint density at radius 2 is 0.486 bits per heavy atom. The molecule has 0 atom stereocenters. The first kappa shape index (κ1) is 44.6. The smallest absolute Gasteiger partial charge is 0.338 e. The highest BCUT2D eigenvalue weighted by Gasteiger charge is 2.25. The van der Waals surface area contributed by atoms with Crippen LogP contribution >= 0.6 is 0 Å². The van der Waals surface area contributed by atoms with Crippen LogP contribution in [0.1, 0.15) is 20.7 Å². The number of carbonyl (C=O) groups is 2. The summed E-state index contributed by atoms with van der Waals surface area (Å²) in [6, 6.07) is 86.0. The molecule has 0 saturated carbocycles. The summed E-state index contributed by atoms with van der Waals surface area (Å²) in [6.07, 6.45) is 0. The number of anilines is 6. The second kappa shape index (κ2) is 20.3. The zero-order chi connectivity index (χ0) is 47.8. The van der Waals surface area contributed by atoms with Crippen molar-refractivity contribution in [3.05, 3.63) is 266 Å². The molecule has 0 N–H and O–H groups in total. The molecule has 0 fully saturated rings. The van der Waals surface area contributed by atoms with E-state index in [1.807, 2.05) is 109 Å². The summed E-state index contributed by atoms with van der Waals surface area (Å²) >= 11 is 0. The van der Waals surface area contributed by atoms with Gasteiger partial charge in [-0.1, -0.05) is 182 Å². The number of hydrogen-bond acceptors (Lipinski definition) is 6. The maximum Gasteiger partial charge on any atom is 0.338 e. The molecular weight excluding hydrogens is 861 g/mol. The Hall–Kier alpha value is -9.26. The van der Waals surface area contributed by atoms with Gasteiger partial charge in [-0.05, 0) is 128 Å². The molecule has 0 heterocycles. The number of rotatable bonds is 13. The molecule has 0 saturated heterocycles. The van der Waals surface area contributed by atoms with Crippen molar-refractivity contribution in [2.75, 3.05) is 24.0 Å². The minimum Gasteiger partial charge on any atom is -0.465 e. The lowest BCUT2D eigenvalue weighted by atomic mass is 9.93. The second-order valence-corrected chi connectivity index (χ2v) is 16.8. The summed E-state index contributed by atoms with van der Waals surface area (Å²) in [4.78, 5) is 32.3. The van der Waals surface area contributed by atoms with E-state index in [1.165, 1.54) is 14.2 Å². The Balaban J connectivity index is 1.08. The standard InChI is InChI=1S/C64H48N2O4/c1-69-63(67)61-43-57(65(53-31-23-49(24-32-53)45-15-7-3-8-16-45)54-33-25-50(26-34-54)46-17-9-4-10-18-46)39-41-59(61)60-42-40-58(44-62(60)64(68)70-2)66(55-35-27-51(28-36-55)47-19-11-5-12-20-47)56-37-29-52(30-38-56)48-21-13-6-14-22-48/h3-44H,1-2H3. The Kier molecular flexibility index (Phi) is 12.9. The monoisotopic (exact) mass is 908 g/mol. The highest BCUT2D eigenvalue weighted by atomic mass is 16.5. The first-order chi connectivity index (χ1) is 34.4. The van der Waals surface area contributed by atoms with Crippen molar-refractivity contribution < 1.29 is 19.1 Å². The number of esters is 2. The Morgan fingerprint density at radius 3 is 0.714 bits per heavy atom. The van der Waals surface area contributed by atoms with Crippen molar-refractivity contribution in [2.24, 2.45) is 0 Å². The van der Waals surface area contributed by atoms with Gasteiger partial charge in [-0.25, -0.2) is 9.59 Å². The van der Waals surface area contributed by atoms with E-state index in [0.717, 1.165) is 78.6 Å². The number of hydrogen-bond donors (Lipinski definition) is 0. The minimum absolute atomic E-state index is 0.287. The lowest BCUT2D eigenvalue weighted by molar-refractivity contribution is 0.0590. The summed E-state index contributed by atoms with van der Waals surface area (Å²) < 4.78 is 11.0. The maximum absolute atomic E-state index is 14.0. The van der Waals surface area contributed by atoms with Crippen LogP contribution in [0.2, 0.25) is 0 Å². The number of benzene rings is 10. The summed E-state index contributed by atoms with van der Waals surface area (Å²) in [7, 11) is 2.74. The SMILES string of the molecule is COC(=O)c1cc(N(c2ccc(-c3ccccc3)cc2)c2ccc(-c3ccccc3)cc2)ccc1-c1ccc(N(c2ccc(-c3ccccc3)cc2)c2ccc(-c3ccccc3)cc2)cc1C(=O)OC. The first-order valence-corrected chi connectivity index (χ1v) is 23.1. The molecule has 70 heavy (non-hydrogen) atoms. The van der Waals surface area contributed by atoms with E-state index in [4.69, 9.17) is 9.47 Å². The van der Waals surface area contributed by atoms with Gasteiger partial charge in [-0.15, -0.1) is 0 Å². The van der Waals surface area contributed by atoms with E-state index >= 15 is 0 Å². The molecule has 10 rings (SSSR count). The number of nitrogens with zero attached hydrogens (tertiary/aromatic N) is 2. The van der Waals surface area contributed by atoms with Gasteiger partial charge in [-0.3, -0.25) is 0 Å². The topological polar surface area (TPSA) is 59.1 Å². The molecule has 10 aromatic carbocycles. The van der Waals surface area contributed by atoms with E-state index in [0.29, 0.717) is 11.1 Å². The van der Waals surface area contributed by atoms with Gasteiger partial charge in [0, 0.05) is 34.1 Å². The van der Waals surface area contributed by atoms with Crippen LogP contribution in [0.3, 0.4) is 0 Å². The molecule has 6 nitrogen and oxygen atoms in total. The van der Waals surface area contributed by atoms with Gasteiger partial charge in [0.25, 0.3) is 0 Å². The fourth-order valence-corrected chi connectivity index (χ4v) is 9.00. The van der Waals surface area contributed by atoms with E-state index in [1.54, 1.807) is 0 Å². The quantitative estimate of drug-likeness (QED) is 0.107. The minimum atomic E-state index is -0.547. The molecule has 0 bridgehead atoms. The van der Waals surface area contributed by atoms with Crippen LogP contribution in [0, 0.1) is 0 Å². The van der Waals surface area contributed by atoms with Gasteiger partial charge in [0.2, 0.25) is 0 Å². The molecule has 0 amide bonds. The van der Waals surface area contributed by atoms with Gasteiger partial charge >= 0.3 is 11.9 Å². The van der Waals surface area contributed by atoms with Crippen LogP contribution in [-0.4, -0.2) is 26.2 Å². The molecule has 0 aliphatic carbocycles. The van der Waals surface area contributed by atoms with Crippen molar-refractivity contribution in [1.29, 1.82) is 0 Å². The normalized spacial score (nSPS) is 10.8. The Bertz CT molecular complexity index is 2980. The van der Waals surface area contributed by atoms with E-state index in [-0.39, 0.29) is 11.1 Å². The number of methoxy groups -OCH3 is 2. The molecule has 0 aliphatic rings. The molecule has 0 aromatic heterocycles. The highest BCUT2D eigenvalue weighted by Crippen LogP contribution is 2.43. The lowest BCUT2D eigenvalue weighted by Crippen LogP contribution is -2.14. The van der Waals surface area contributed by atoms with Gasteiger partial charge in [0.05, 0.1) is 25.3 Å². The first-order valence-electron chi connectivity index (χ1n) is 23.1. The molecule has 0 unspecified atom stereocenters. The van der Waals surface area contributed by atoms with Crippen molar-refractivity contribution in [3.8, 4) is 55.6 Å². The van der Waals surface area contributed by atoms with Crippen molar-refractivity contribution in [1.82, 2.24) is 0 Å². The van der Waals surface area contributed by atoms with E-state index in [9.17, 15) is 9.59 Å². The predicted molar refractivity (Wildman–Crippen MR) is 286 cm³/mol. The molecule has 10 aromatic rings. The second-order valence-electron chi connectivity index (χ2n) is 16.8. The molecule has 0 aliphatic heterocycles. The van der Waals surface area contributed by atoms with Crippen LogP contribution in [0.4, 0.5) is 34.1 Å². The fraction of sp³-hybridized carbons (Fsp3) is 0.0312. The summed E-state index contributed by atoms with van der Waals surface area (Å²) in [5, 5.41) is 0. The molecule has 0 radical (unpaired) electrons. The zero-order valence-corrected chi connectivity index (χ0v) is 38.8. The zero-order valence-electron chi connectivity index (χ0n) is 38.8. The number of carbonyl (C=O) groups excluding carboxylic acids is 2. The van der Waals surface area contributed by atoms with Crippen LogP contribution in [0.15, 0.2) is 255 Å². The van der Waals surface area contributed by atoms with E-state index in [2.05, 4.69) is 155 Å². The van der Waals surface area contributed by atoms with Crippen LogP contribution < -0.4 is 9.80 Å². The van der Waals surface area contributed by atoms with Crippen molar-refractivity contribution in [3.63, 3.8) is 0 Å². The largest absolute Gasteiger partial charge is 0.465 e. The summed E-state index contributed by atoms with van der Waals surface area (Å²) in [5.41, 5.74) is 15.4. The third kappa shape index (κ3) is 9.35. The van der Waals surface area contributed by atoms with Crippen LogP contribution in [0.5, 0.6) is 0 Å². The van der Waals surface area contributed by atoms with Gasteiger partial charge in [0.15, 0.2) is 0 Å². The average Bonchev–Trinajstić information content (AvgIpc) is 3.44. The Labute approximate surface area is 408 Å². The summed E-state index contributed by atoms with van der Waals surface area (Å²) in [6.45, 7) is 0. The van der Waals surface area contributed by atoms with Crippen molar-refractivity contribution in [2.45, 2.75) is 0 Å².